The van der Waals surface area contributed by atoms with Crippen LogP contribution in [0.3, 0.4) is 0 Å². The van der Waals surface area contributed by atoms with Crippen LogP contribution >= 0.6 is 0 Å². The molecule has 0 bridgehead atoms. The number of hydrogen-bond acceptors (Lipinski definition) is 4. The predicted octanol–water partition coefficient (Wildman–Crippen LogP) is 1.55. The van der Waals surface area contributed by atoms with Gasteiger partial charge >= 0.3 is 6.23 Å². The number of aliphatic hydroxyl groups excluding tert-OH is 1. The number of Topliss-reactive ketones (excluding diaryl/α,β-unsaturated/α-hetero) is 1. The molecule has 1 atom stereocenters. The maximum Gasteiger partial charge on any atom is 0.339 e. The molecule has 0 saturated heterocycles. The molecule has 1 rings (SSSR count). The maximum absolute atomic E-state index is 10.1. The molecule has 0 amide bonds. The number of ketones is 1. The lowest BCUT2D eigenvalue weighted by Gasteiger charge is -2.00. The zero-order chi connectivity index (χ0) is 11.8. The molecule has 0 fully saturated rings. The molecule has 0 heterocycles. The highest BCUT2D eigenvalue weighted by Crippen LogP contribution is 2.11. The first-order chi connectivity index (χ1) is 6.95. The Morgan fingerprint density at radius 1 is 1.33 bits per heavy atom. The van der Waals surface area contributed by atoms with Gasteiger partial charge in [0.05, 0.1) is 10.5 Å². The Morgan fingerprint density at radius 3 is 2.07 bits per heavy atom. The molecule has 1 N–H and O–H groups in total. The number of nitrogens with zero attached hydrogens (tertiary/aromatic N) is 1. The van der Waals surface area contributed by atoms with Gasteiger partial charge in [-0.1, -0.05) is 18.2 Å². The molecule has 0 saturated carbocycles. The fourth-order valence-corrected chi connectivity index (χ4v) is 0.747. The molecular formula is C10H13NO4. The van der Waals surface area contributed by atoms with Crippen molar-refractivity contribution < 1.29 is 14.8 Å². The van der Waals surface area contributed by atoms with E-state index in [2.05, 4.69) is 0 Å². The first kappa shape index (κ1) is 13.2. The Balaban J connectivity index is 0.000000423. The van der Waals surface area contributed by atoms with Crippen molar-refractivity contribution in [2.24, 2.45) is 0 Å². The van der Waals surface area contributed by atoms with Crippen LogP contribution in [0.1, 0.15) is 25.6 Å². The van der Waals surface area contributed by atoms with Crippen molar-refractivity contribution in [1.82, 2.24) is 0 Å². The van der Waals surface area contributed by atoms with Crippen LogP contribution in [0.25, 0.3) is 0 Å². The first-order valence-electron chi connectivity index (χ1n) is 4.29. The number of carbonyl (C=O) groups is 1. The van der Waals surface area contributed by atoms with Crippen molar-refractivity contribution in [1.29, 1.82) is 0 Å². The Bertz CT molecular complexity index is 319. The van der Waals surface area contributed by atoms with Crippen molar-refractivity contribution in [3.8, 4) is 0 Å². The van der Waals surface area contributed by atoms with Gasteiger partial charge in [-0.2, -0.15) is 0 Å². The lowest BCUT2D eigenvalue weighted by Crippen LogP contribution is -2.08. The highest BCUT2D eigenvalue weighted by molar-refractivity contribution is 5.72. The van der Waals surface area contributed by atoms with E-state index in [1.54, 1.807) is 18.2 Å². The van der Waals surface area contributed by atoms with Crippen LogP contribution in [0.4, 0.5) is 0 Å². The van der Waals surface area contributed by atoms with E-state index in [-0.39, 0.29) is 5.78 Å². The quantitative estimate of drug-likeness (QED) is 0.457. The minimum absolute atomic E-state index is 0.167. The predicted molar refractivity (Wildman–Crippen MR) is 54.8 cm³/mol. The van der Waals surface area contributed by atoms with E-state index in [1.807, 2.05) is 0 Å². The van der Waals surface area contributed by atoms with Gasteiger partial charge in [-0.05, 0) is 26.0 Å². The summed E-state index contributed by atoms with van der Waals surface area (Å²) in [6.07, 6.45) is -1.60. The van der Waals surface area contributed by atoms with Crippen molar-refractivity contribution in [2.75, 3.05) is 0 Å². The number of hydrogen-bond donors (Lipinski definition) is 1. The molecule has 15 heavy (non-hydrogen) atoms. The fraction of sp³-hybridized carbons (Fsp3) is 0.300. The summed E-state index contributed by atoms with van der Waals surface area (Å²) in [5, 5.41) is 19.0. The lowest BCUT2D eigenvalue weighted by atomic mass is 10.2. The van der Waals surface area contributed by atoms with Crippen LogP contribution in [-0.2, 0) is 4.79 Å². The van der Waals surface area contributed by atoms with Gasteiger partial charge in [0.15, 0.2) is 0 Å². The van der Waals surface area contributed by atoms with Crippen LogP contribution in [-0.4, -0.2) is 15.8 Å². The van der Waals surface area contributed by atoms with Gasteiger partial charge in [0.1, 0.15) is 5.78 Å². The molecule has 0 spiro atoms. The van der Waals surface area contributed by atoms with Crippen LogP contribution in [0.15, 0.2) is 30.3 Å². The van der Waals surface area contributed by atoms with Gasteiger partial charge in [0.25, 0.3) is 0 Å². The molecule has 1 aromatic carbocycles. The van der Waals surface area contributed by atoms with Crippen molar-refractivity contribution in [3.05, 3.63) is 46.0 Å². The normalized spacial score (nSPS) is 10.9. The highest BCUT2D eigenvalue weighted by Gasteiger charge is 2.16. The molecule has 5 nitrogen and oxygen atoms in total. The third-order valence-electron chi connectivity index (χ3n) is 1.30. The van der Waals surface area contributed by atoms with E-state index in [4.69, 9.17) is 5.11 Å². The summed E-state index contributed by atoms with van der Waals surface area (Å²) in [5.41, 5.74) is 0.303. The standard InChI is InChI=1S/C7H7NO3.C3H6O/c9-7(8(10)11)6-4-2-1-3-5-6;1-3(2)4/h1-5,7,9H;1-2H3. The van der Waals surface area contributed by atoms with Crippen LogP contribution < -0.4 is 0 Å². The average molecular weight is 211 g/mol. The Morgan fingerprint density at radius 2 is 1.73 bits per heavy atom. The summed E-state index contributed by atoms with van der Waals surface area (Å²) < 4.78 is 0. The number of benzene rings is 1. The smallest absolute Gasteiger partial charge is 0.329 e. The van der Waals surface area contributed by atoms with Gasteiger partial charge in [-0.15, -0.1) is 0 Å². The van der Waals surface area contributed by atoms with Crippen molar-refractivity contribution in [3.63, 3.8) is 0 Å². The topological polar surface area (TPSA) is 80.4 Å². The summed E-state index contributed by atoms with van der Waals surface area (Å²) >= 11 is 0. The molecule has 0 radical (unpaired) electrons. The zero-order valence-corrected chi connectivity index (χ0v) is 8.58. The summed E-state index contributed by atoms with van der Waals surface area (Å²) in [6.45, 7) is 3.06. The van der Waals surface area contributed by atoms with E-state index < -0.39 is 11.2 Å². The summed E-state index contributed by atoms with van der Waals surface area (Å²) in [6, 6.07) is 8.03. The molecule has 0 aliphatic heterocycles. The number of nitro groups is 1. The maximum atomic E-state index is 10.1. The average Bonchev–Trinajstić information content (AvgIpc) is 2.17. The Hall–Kier alpha value is -1.75. The van der Waals surface area contributed by atoms with Crippen molar-refractivity contribution >= 4 is 5.78 Å². The molecule has 0 aliphatic carbocycles. The van der Waals surface area contributed by atoms with E-state index in [0.717, 1.165) is 0 Å². The second-order valence-electron chi connectivity index (χ2n) is 2.98. The largest absolute Gasteiger partial charge is 0.339 e. The van der Waals surface area contributed by atoms with Gasteiger partial charge < -0.3 is 9.90 Å². The van der Waals surface area contributed by atoms with Crippen LogP contribution in [0, 0.1) is 10.1 Å². The van der Waals surface area contributed by atoms with Gasteiger partial charge in [-0.3, -0.25) is 10.1 Å². The molecule has 1 unspecified atom stereocenters. The highest BCUT2D eigenvalue weighted by atomic mass is 16.7. The minimum Gasteiger partial charge on any atom is -0.329 e. The Labute approximate surface area is 87.5 Å². The minimum atomic E-state index is -1.60. The molecule has 0 aromatic heterocycles. The van der Waals surface area contributed by atoms with Gasteiger partial charge in [0.2, 0.25) is 0 Å². The lowest BCUT2D eigenvalue weighted by molar-refractivity contribution is -0.578. The molecule has 1 aromatic rings. The monoisotopic (exact) mass is 211 g/mol. The van der Waals surface area contributed by atoms with E-state index in [0.29, 0.717) is 5.56 Å². The van der Waals surface area contributed by atoms with Gasteiger partial charge in [-0.25, -0.2) is 0 Å². The first-order valence-corrected chi connectivity index (χ1v) is 4.29. The number of rotatable bonds is 2. The van der Waals surface area contributed by atoms with Gasteiger partial charge in [0, 0.05) is 0 Å². The third kappa shape index (κ3) is 6.34. The third-order valence-corrected chi connectivity index (χ3v) is 1.30. The molecular weight excluding hydrogens is 198 g/mol. The fourth-order valence-electron chi connectivity index (χ4n) is 0.747. The summed E-state index contributed by atoms with van der Waals surface area (Å²) in [5.74, 6) is 0.167. The van der Waals surface area contributed by atoms with Crippen LogP contribution in [0.5, 0.6) is 0 Å². The number of aliphatic hydroxyl groups is 1. The van der Waals surface area contributed by atoms with Crippen molar-refractivity contribution in [2.45, 2.75) is 20.1 Å². The molecule has 0 aliphatic rings. The van der Waals surface area contributed by atoms with E-state index in [1.165, 1.54) is 26.0 Å². The van der Waals surface area contributed by atoms with Crippen LogP contribution in [0.2, 0.25) is 0 Å². The molecule has 5 heteroatoms. The molecule has 82 valence electrons. The zero-order valence-electron chi connectivity index (χ0n) is 8.58. The summed E-state index contributed by atoms with van der Waals surface area (Å²) in [7, 11) is 0. The second-order valence-corrected chi connectivity index (χ2v) is 2.98. The van der Waals surface area contributed by atoms with E-state index >= 15 is 0 Å². The Kier molecular flexibility index (Phi) is 5.89. The SMILES string of the molecule is CC(C)=O.O=[N+]([O-])C(O)c1ccccc1. The summed E-state index contributed by atoms with van der Waals surface area (Å²) in [4.78, 5) is 18.8. The van der Waals surface area contributed by atoms with E-state index in [9.17, 15) is 14.9 Å². The second kappa shape index (κ2) is 6.67. The number of carbonyl (C=O) groups excluding carboxylic acids is 1.